The Morgan fingerprint density at radius 1 is 1.21 bits per heavy atom. The van der Waals surface area contributed by atoms with E-state index in [4.69, 9.17) is 0 Å². The fourth-order valence-corrected chi connectivity index (χ4v) is 4.57. The van der Waals surface area contributed by atoms with E-state index in [-0.39, 0.29) is 29.4 Å². The van der Waals surface area contributed by atoms with Gasteiger partial charge in [0.15, 0.2) is 0 Å². The van der Waals surface area contributed by atoms with Crippen LogP contribution in [0.25, 0.3) is 0 Å². The minimum Gasteiger partial charge on any atom is -0.277 e. The number of rotatable bonds is 8. The summed E-state index contributed by atoms with van der Waals surface area (Å²) in [6.07, 6.45) is 0. The van der Waals surface area contributed by atoms with E-state index in [9.17, 15) is 18.5 Å². The van der Waals surface area contributed by atoms with Gasteiger partial charge in [-0.15, -0.1) is 0 Å². The van der Waals surface area contributed by atoms with Crippen LogP contribution in [0, 0.1) is 10.1 Å². The number of non-ortho nitro benzene ring substituents is 1. The Balaban J connectivity index is 2.49. The zero-order valence-electron chi connectivity index (χ0n) is 15.7. The Bertz CT molecular complexity index is 1000. The van der Waals surface area contributed by atoms with Crippen LogP contribution >= 0.6 is 15.9 Å². The van der Waals surface area contributed by atoms with Crippen LogP contribution in [0.4, 0.5) is 11.4 Å². The van der Waals surface area contributed by atoms with E-state index in [1.54, 1.807) is 20.8 Å². The summed E-state index contributed by atoms with van der Waals surface area (Å²) in [5.74, 6) is 0. The Kier molecular flexibility index (Phi) is 7.28. The van der Waals surface area contributed by atoms with Crippen molar-refractivity contribution in [1.29, 1.82) is 0 Å². The number of hydrazone groups is 1. The van der Waals surface area contributed by atoms with E-state index in [1.807, 2.05) is 24.3 Å². The van der Waals surface area contributed by atoms with Crippen LogP contribution in [-0.2, 0) is 10.0 Å². The number of nitrogens with zero attached hydrogens (tertiary/aromatic N) is 3. The molecule has 150 valence electrons. The van der Waals surface area contributed by atoms with Gasteiger partial charge in [-0.3, -0.25) is 15.5 Å². The highest BCUT2D eigenvalue weighted by molar-refractivity contribution is 9.10. The first-order valence-corrected chi connectivity index (χ1v) is 10.8. The number of anilines is 1. The number of sulfonamides is 1. The lowest BCUT2D eigenvalue weighted by Gasteiger charge is -2.20. The second-order valence-electron chi connectivity index (χ2n) is 5.85. The number of hydrogen-bond acceptors (Lipinski definition) is 6. The highest BCUT2D eigenvalue weighted by atomic mass is 79.9. The van der Waals surface area contributed by atoms with Crippen LogP contribution in [0.3, 0.4) is 0 Å². The van der Waals surface area contributed by atoms with Crippen LogP contribution in [0.2, 0.25) is 0 Å². The predicted octanol–water partition coefficient (Wildman–Crippen LogP) is 4.22. The van der Waals surface area contributed by atoms with Crippen LogP contribution in [0.15, 0.2) is 56.9 Å². The van der Waals surface area contributed by atoms with E-state index < -0.39 is 14.9 Å². The second-order valence-corrected chi connectivity index (χ2v) is 8.67. The minimum absolute atomic E-state index is 0.173. The predicted molar refractivity (Wildman–Crippen MR) is 113 cm³/mol. The maximum Gasteiger partial charge on any atom is 0.270 e. The molecule has 8 nitrogen and oxygen atoms in total. The number of hydrogen-bond donors (Lipinski definition) is 1. The minimum atomic E-state index is -3.92. The van der Waals surface area contributed by atoms with Gasteiger partial charge >= 0.3 is 0 Å². The fourth-order valence-electron chi connectivity index (χ4n) is 2.56. The Hall–Kier alpha value is -2.30. The van der Waals surface area contributed by atoms with E-state index in [1.165, 1.54) is 16.4 Å². The van der Waals surface area contributed by atoms with Crippen molar-refractivity contribution in [3.05, 3.63) is 62.6 Å². The van der Waals surface area contributed by atoms with Gasteiger partial charge in [-0.05, 0) is 30.7 Å². The number of nitro benzene ring substituents is 1. The largest absolute Gasteiger partial charge is 0.277 e. The van der Waals surface area contributed by atoms with Gasteiger partial charge in [0, 0.05) is 29.7 Å². The first-order chi connectivity index (χ1) is 13.2. The summed E-state index contributed by atoms with van der Waals surface area (Å²) in [6, 6.07) is 11.1. The van der Waals surface area contributed by atoms with Gasteiger partial charge in [0.25, 0.3) is 5.69 Å². The molecule has 28 heavy (non-hydrogen) atoms. The number of halogens is 1. The van der Waals surface area contributed by atoms with Crippen LogP contribution in [0.5, 0.6) is 0 Å². The van der Waals surface area contributed by atoms with Gasteiger partial charge < -0.3 is 0 Å². The van der Waals surface area contributed by atoms with Gasteiger partial charge in [0.1, 0.15) is 4.90 Å². The number of nitro groups is 1. The fraction of sp³-hybridized carbons (Fsp3) is 0.278. The monoisotopic (exact) mass is 468 g/mol. The molecule has 0 bridgehead atoms. The van der Waals surface area contributed by atoms with Crippen molar-refractivity contribution >= 4 is 43.0 Å². The van der Waals surface area contributed by atoms with Crippen molar-refractivity contribution < 1.29 is 13.3 Å². The molecule has 0 fully saturated rings. The third kappa shape index (κ3) is 4.94. The molecule has 0 spiro atoms. The van der Waals surface area contributed by atoms with Crippen molar-refractivity contribution in [1.82, 2.24) is 4.31 Å². The van der Waals surface area contributed by atoms with Crippen LogP contribution < -0.4 is 5.43 Å². The molecule has 0 atom stereocenters. The summed E-state index contributed by atoms with van der Waals surface area (Å²) >= 11 is 3.39. The van der Waals surface area contributed by atoms with Crippen LogP contribution in [0.1, 0.15) is 26.3 Å². The topological polar surface area (TPSA) is 105 Å². The summed E-state index contributed by atoms with van der Waals surface area (Å²) in [5, 5.41) is 15.4. The van der Waals surface area contributed by atoms with Crippen molar-refractivity contribution in [3.8, 4) is 0 Å². The molecule has 0 saturated carbocycles. The quantitative estimate of drug-likeness (QED) is 0.354. The summed E-state index contributed by atoms with van der Waals surface area (Å²) < 4.78 is 28.0. The Labute approximate surface area is 172 Å². The van der Waals surface area contributed by atoms with Gasteiger partial charge in [-0.25, -0.2) is 8.42 Å². The Morgan fingerprint density at radius 3 is 2.46 bits per heavy atom. The molecule has 0 heterocycles. The molecule has 0 radical (unpaired) electrons. The average Bonchev–Trinajstić information content (AvgIpc) is 2.66. The van der Waals surface area contributed by atoms with Crippen molar-refractivity contribution in [2.45, 2.75) is 25.7 Å². The van der Waals surface area contributed by atoms with E-state index in [0.29, 0.717) is 5.71 Å². The summed E-state index contributed by atoms with van der Waals surface area (Å²) in [4.78, 5) is 10.3. The second kappa shape index (κ2) is 9.26. The lowest BCUT2D eigenvalue weighted by Crippen LogP contribution is -2.31. The standard InChI is InChI=1S/C18H21BrN4O4S/c1-4-22(5-2)28(26,27)18-12-16(23(24)25)9-10-17(18)21-20-13(3)14-7-6-8-15(19)11-14/h6-12,21H,4-5H2,1-3H3/b20-13+. The first kappa shape index (κ1) is 22.0. The third-order valence-electron chi connectivity index (χ3n) is 4.09. The van der Waals surface area contributed by atoms with E-state index >= 15 is 0 Å². The molecule has 0 aromatic heterocycles. The lowest BCUT2D eigenvalue weighted by atomic mass is 10.1. The normalized spacial score (nSPS) is 12.2. The van der Waals surface area contributed by atoms with E-state index in [0.717, 1.165) is 16.1 Å². The molecule has 2 aromatic rings. The highest BCUT2D eigenvalue weighted by Crippen LogP contribution is 2.29. The highest BCUT2D eigenvalue weighted by Gasteiger charge is 2.27. The van der Waals surface area contributed by atoms with Crippen LogP contribution in [-0.4, -0.2) is 36.4 Å². The molecule has 2 rings (SSSR count). The van der Waals surface area contributed by atoms with E-state index in [2.05, 4.69) is 26.5 Å². The third-order valence-corrected chi connectivity index (χ3v) is 6.67. The van der Waals surface area contributed by atoms with Gasteiger partial charge in [0.05, 0.1) is 16.3 Å². The summed E-state index contributed by atoms with van der Waals surface area (Å²) in [6.45, 7) is 5.70. The van der Waals surface area contributed by atoms with Crippen molar-refractivity contribution in [2.75, 3.05) is 18.5 Å². The van der Waals surface area contributed by atoms with Crippen molar-refractivity contribution in [3.63, 3.8) is 0 Å². The summed E-state index contributed by atoms with van der Waals surface area (Å²) in [5.41, 5.74) is 4.10. The maximum absolute atomic E-state index is 13.0. The number of benzene rings is 2. The molecule has 0 unspecified atom stereocenters. The van der Waals surface area contributed by atoms with Gasteiger partial charge in [-0.2, -0.15) is 9.41 Å². The molecule has 0 amide bonds. The zero-order chi connectivity index (χ0) is 20.9. The molecule has 0 aliphatic carbocycles. The molecule has 2 aromatic carbocycles. The molecular formula is C18H21BrN4O4S. The molecular weight excluding hydrogens is 448 g/mol. The number of nitrogens with one attached hydrogen (secondary N) is 1. The molecule has 0 aliphatic heterocycles. The zero-order valence-corrected chi connectivity index (χ0v) is 18.1. The van der Waals surface area contributed by atoms with Gasteiger partial charge in [0.2, 0.25) is 10.0 Å². The van der Waals surface area contributed by atoms with Gasteiger partial charge in [-0.1, -0.05) is 41.9 Å². The average molecular weight is 469 g/mol. The molecule has 1 N–H and O–H groups in total. The van der Waals surface area contributed by atoms with Crippen molar-refractivity contribution in [2.24, 2.45) is 5.10 Å². The maximum atomic E-state index is 13.0. The molecule has 10 heteroatoms. The smallest absolute Gasteiger partial charge is 0.270 e. The molecule has 0 saturated heterocycles. The SMILES string of the molecule is CCN(CC)S(=O)(=O)c1cc([N+](=O)[O-])ccc1N/N=C(\C)c1cccc(Br)c1. The Morgan fingerprint density at radius 2 is 1.89 bits per heavy atom. The first-order valence-electron chi connectivity index (χ1n) is 8.55. The molecule has 0 aliphatic rings. The summed E-state index contributed by atoms with van der Waals surface area (Å²) in [7, 11) is -3.92. The lowest BCUT2D eigenvalue weighted by molar-refractivity contribution is -0.385.